The van der Waals surface area contributed by atoms with E-state index in [2.05, 4.69) is 40.3 Å². The van der Waals surface area contributed by atoms with Crippen LogP contribution in [0.3, 0.4) is 0 Å². The van der Waals surface area contributed by atoms with Crippen molar-refractivity contribution in [2.45, 2.75) is 84.3 Å². The summed E-state index contributed by atoms with van der Waals surface area (Å²) in [7, 11) is 0. The molecule has 2 nitrogen and oxygen atoms in total. The van der Waals surface area contributed by atoms with Crippen LogP contribution in [0.5, 0.6) is 0 Å². The summed E-state index contributed by atoms with van der Waals surface area (Å²) in [6.45, 7) is 13.0. The van der Waals surface area contributed by atoms with Crippen molar-refractivity contribution >= 4 is 0 Å². The van der Waals surface area contributed by atoms with Crippen LogP contribution in [0.25, 0.3) is 0 Å². The summed E-state index contributed by atoms with van der Waals surface area (Å²) < 4.78 is 0. The Labute approximate surface area is 136 Å². The van der Waals surface area contributed by atoms with Gasteiger partial charge in [0.05, 0.1) is 11.7 Å². The molecule has 0 aromatic carbocycles. The maximum atomic E-state index is 11.6. The maximum Gasteiger partial charge on any atom is 0.0756 e. The minimum absolute atomic E-state index is 0.215. The smallest absolute Gasteiger partial charge is 0.0756 e. The van der Waals surface area contributed by atoms with Crippen LogP contribution in [0.1, 0.15) is 72.6 Å². The first-order valence-corrected chi connectivity index (χ1v) is 9.13. The molecule has 3 fully saturated rings. The van der Waals surface area contributed by atoms with E-state index < -0.39 is 11.0 Å². The van der Waals surface area contributed by atoms with Crippen LogP contribution >= 0.6 is 0 Å². The van der Waals surface area contributed by atoms with E-state index in [1.807, 2.05) is 0 Å². The minimum Gasteiger partial charge on any atom is -0.392 e. The molecular formula is C20H34O2. The van der Waals surface area contributed by atoms with Crippen LogP contribution in [0.15, 0.2) is 12.7 Å². The Morgan fingerprint density at radius 3 is 2.32 bits per heavy atom. The summed E-state index contributed by atoms with van der Waals surface area (Å²) in [6, 6.07) is 0. The van der Waals surface area contributed by atoms with Crippen molar-refractivity contribution < 1.29 is 10.2 Å². The van der Waals surface area contributed by atoms with Gasteiger partial charge in [0, 0.05) is 5.41 Å². The predicted molar refractivity (Wildman–Crippen MR) is 90.4 cm³/mol. The molecule has 0 bridgehead atoms. The molecule has 0 unspecified atom stereocenters. The molecule has 0 spiro atoms. The molecule has 0 radical (unpaired) electrons. The van der Waals surface area contributed by atoms with Gasteiger partial charge in [0.15, 0.2) is 0 Å². The molecule has 0 aromatic heterocycles. The Morgan fingerprint density at radius 1 is 1.00 bits per heavy atom. The van der Waals surface area contributed by atoms with Gasteiger partial charge in [-0.1, -0.05) is 33.8 Å². The number of aliphatic hydroxyl groups excluding tert-OH is 1. The molecule has 0 aromatic rings. The second kappa shape index (κ2) is 4.83. The van der Waals surface area contributed by atoms with Crippen LogP contribution in [0.2, 0.25) is 0 Å². The summed E-state index contributed by atoms with van der Waals surface area (Å²) >= 11 is 0. The lowest BCUT2D eigenvalue weighted by Gasteiger charge is -2.66. The molecule has 3 aliphatic rings. The summed E-state index contributed by atoms with van der Waals surface area (Å²) in [5.41, 5.74) is -0.628. The zero-order valence-electron chi connectivity index (χ0n) is 14.9. The third-order valence-electron chi connectivity index (χ3n) is 8.30. The van der Waals surface area contributed by atoms with Crippen molar-refractivity contribution in [2.75, 3.05) is 0 Å². The molecule has 0 amide bonds. The second-order valence-corrected chi connectivity index (χ2v) is 9.60. The molecule has 0 aliphatic heterocycles. The van der Waals surface area contributed by atoms with Gasteiger partial charge in [-0.3, -0.25) is 0 Å². The minimum atomic E-state index is -0.710. The van der Waals surface area contributed by atoms with Crippen molar-refractivity contribution in [1.82, 2.24) is 0 Å². The van der Waals surface area contributed by atoms with E-state index in [9.17, 15) is 10.2 Å². The lowest BCUT2D eigenvalue weighted by Crippen LogP contribution is -2.67. The number of allylic oxidation sites excluding steroid dienone is 1. The van der Waals surface area contributed by atoms with Crippen molar-refractivity contribution in [3.63, 3.8) is 0 Å². The summed E-state index contributed by atoms with van der Waals surface area (Å²) in [4.78, 5) is 0. The zero-order chi connectivity index (χ0) is 16.4. The van der Waals surface area contributed by atoms with E-state index in [0.29, 0.717) is 11.8 Å². The Balaban J connectivity index is 1.95. The highest BCUT2D eigenvalue weighted by molar-refractivity contribution is 5.16. The molecule has 3 rings (SSSR count). The Hall–Kier alpha value is -0.340. The van der Waals surface area contributed by atoms with Gasteiger partial charge in [0.25, 0.3) is 0 Å². The number of rotatable bonds is 1. The second-order valence-electron chi connectivity index (χ2n) is 9.60. The maximum absolute atomic E-state index is 11.6. The fourth-order valence-electron chi connectivity index (χ4n) is 6.16. The fraction of sp³-hybridized carbons (Fsp3) is 0.900. The van der Waals surface area contributed by atoms with Gasteiger partial charge in [-0.05, 0) is 67.6 Å². The largest absolute Gasteiger partial charge is 0.392 e. The van der Waals surface area contributed by atoms with Gasteiger partial charge in [-0.2, -0.15) is 0 Å². The van der Waals surface area contributed by atoms with Gasteiger partial charge < -0.3 is 10.2 Å². The highest BCUT2D eigenvalue weighted by atomic mass is 16.3. The third kappa shape index (κ3) is 1.99. The van der Waals surface area contributed by atoms with Crippen LogP contribution in [-0.2, 0) is 0 Å². The molecule has 126 valence electrons. The standard InChI is InChI=1S/C20H34O2/c1-6-18(4)11-12-19(5)14(13-18)9-10-20(22)15(19)7-8-16(21)17(20,2)3/h6,14-16,21-22H,1,7-13H2,2-5H3/t14-,15+,16-,18-,19-,20-/m1/s1. The van der Waals surface area contributed by atoms with Gasteiger partial charge >= 0.3 is 0 Å². The van der Waals surface area contributed by atoms with Gasteiger partial charge in [0.2, 0.25) is 0 Å². The van der Waals surface area contributed by atoms with E-state index in [0.717, 1.165) is 25.7 Å². The predicted octanol–water partition coefficient (Wildman–Crippen LogP) is 4.31. The Morgan fingerprint density at radius 2 is 1.68 bits per heavy atom. The number of hydrogen-bond acceptors (Lipinski definition) is 2. The normalized spacial score (nSPS) is 54.2. The first-order chi connectivity index (χ1) is 10.1. The lowest BCUT2D eigenvalue weighted by atomic mass is 9.41. The molecule has 0 heterocycles. The molecule has 3 aliphatic carbocycles. The SMILES string of the molecule is C=C[C@]1(C)CC[C@]2(C)[C@H](CC[C@@]3(O)[C@H]2CC[C@@H](O)C3(C)C)C1. The van der Waals surface area contributed by atoms with E-state index in [-0.39, 0.29) is 16.9 Å². The van der Waals surface area contributed by atoms with E-state index in [1.165, 1.54) is 19.3 Å². The molecule has 6 atom stereocenters. The highest BCUT2D eigenvalue weighted by Crippen LogP contribution is 2.66. The van der Waals surface area contributed by atoms with Crippen LogP contribution in [0, 0.1) is 28.1 Å². The monoisotopic (exact) mass is 306 g/mol. The Bertz CT molecular complexity index is 470. The first kappa shape index (κ1) is 16.5. The molecular weight excluding hydrogens is 272 g/mol. The summed E-state index contributed by atoms with van der Waals surface area (Å²) in [6.07, 6.45) is 9.08. The summed E-state index contributed by atoms with van der Waals surface area (Å²) in [5.74, 6) is 1.01. The highest BCUT2D eigenvalue weighted by Gasteiger charge is 2.64. The van der Waals surface area contributed by atoms with Crippen LogP contribution < -0.4 is 0 Å². The molecule has 2 heteroatoms. The summed E-state index contributed by atoms with van der Waals surface area (Å²) in [5, 5.41) is 22.1. The molecule has 2 N–H and O–H groups in total. The van der Waals surface area contributed by atoms with Gasteiger partial charge in [-0.15, -0.1) is 6.58 Å². The number of fused-ring (bicyclic) bond motifs is 3. The fourth-order valence-corrected chi connectivity index (χ4v) is 6.16. The van der Waals surface area contributed by atoms with E-state index >= 15 is 0 Å². The first-order valence-electron chi connectivity index (χ1n) is 9.13. The number of hydrogen-bond donors (Lipinski definition) is 2. The van der Waals surface area contributed by atoms with E-state index in [1.54, 1.807) is 0 Å². The topological polar surface area (TPSA) is 40.5 Å². The Kier molecular flexibility index (Phi) is 3.63. The van der Waals surface area contributed by atoms with Crippen LogP contribution in [-0.4, -0.2) is 21.9 Å². The molecule has 3 saturated carbocycles. The quantitative estimate of drug-likeness (QED) is 0.709. The lowest BCUT2D eigenvalue weighted by molar-refractivity contribution is -0.252. The molecule has 0 saturated heterocycles. The van der Waals surface area contributed by atoms with Crippen LogP contribution in [0.4, 0.5) is 0 Å². The van der Waals surface area contributed by atoms with Gasteiger partial charge in [0.1, 0.15) is 0 Å². The average molecular weight is 306 g/mol. The van der Waals surface area contributed by atoms with Crippen molar-refractivity contribution in [2.24, 2.45) is 28.1 Å². The van der Waals surface area contributed by atoms with Gasteiger partial charge in [-0.25, -0.2) is 0 Å². The zero-order valence-corrected chi connectivity index (χ0v) is 14.9. The molecule has 22 heavy (non-hydrogen) atoms. The van der Waals surface area contributed by atoms with Crippen molar-refractivity contribution in [3.8, 4) is 0 Å². The number of aliphatic hydroxyl groups is 2. The van der Waals surface area contributed by atoms with Crippen molar-refractivity contribution in [3.05, 3.63) is 12.7 Å². The third-order valence-corrected chi connectivity index (χ3v) is 8.30. The average Bonchev–Trinajstić information content (AvgIpc) is 2.46. The van der Waals surface area contributed by atoms with Crippen molar-refractivity contribution in [1.29, 1.82) is 0 Å². The van der Waals surface area contributed by atoms with E-state index in [4.69, 9.17) is 0 Å².